The Balaban J connectivity index is 0.00000180. The molecule has 0 aromatic carbocycles. The molecule has 5 nitrogen and oxygen atoms in total. The molecule has 2 amide bonds. The van der Waals surface area contributed by atoms with E-state index in [2.05, 4.69) is 0 Å². The Morgan fingerprint density at radius 3 is 2.74 bits per heavy atom. The van der Waals surface area contributed by atoms with Crippen LogP contribution in [-0.4, -0.2) is 53.8 Å². The van der Waals surface area contributed by atoms with Gasteiger partial charge in [0.2, 0.25) is 11.8 Å². The number of nitrogens with two attached hydrogens (primary N) is 1. The minimum Gasteiger partial charge on any atom is -0.342 e. The summed E-state index contributed by atoms with van der Waals surface area (Å²) in [4.78, 5) is 27.8. The van der Waals surface area contributed by atoms with Crippen molar-refractivity contribution in [1.29, 1.82) is 0 Å². The van der Waals surface area contributed by atoms with E-state index in [9.17, 15) is 9.59 Å². The molecule has 19 heavy (non-hydrogen) atoms. The molecule has 2 N–H and O–H groups in total. The lowest BCUT2D eigenvalue weighted by molar-refractivity contribution is -0.139. The van der Waals surface area contributed by atoms with Crippen LogP contribution >= 0.6 is 12.4 Å². The fourth-order valence-electron chi connectivity index (χ4n) is 3.01. The molecule has 0 aromatic rings. The molecule has 0 aromatic heterocycles. The van der Waals surface area contributed by atoms with Gasteiger partial charge in [0.15, 0.2) is 0 Å². The number of carbonyl (C=O) groups is 2. The normalized spacial score (nSPS) is 27.4. The van der Waals surface area contributed by atoms with Gasteiger partial charge in [-0.2, -0.15) is 0 Å². The summed E-state index contributed by atoms with van der Waals surface area (Å²) in [6.45, 7) is 4.57. The molecule has 0 aliphatic carbocycles. The van der Waals surface area contributed by atoms with Crippen LogP contribution in [0.1, 0.15) is 32.6 Å². The zero-order valence-corrected chi connectivity index (χ0v) is 12.3. The van der Waals surface area contributed by atoms with Gasteiger partial charge in [0, 0.05) is 38.6 Å². The minimum absolute atomic E-state index is 0. The first-order valence-electron chi connectivity index (χ1n) is 6.95. The second-order valence-corrected chi connectivity index (χ2v) is 5.25. The number of amides is 2. The molecule has 110 valence electrons. The Kier molecular flexibility index (Phi) is 6.07. The van der Waals surface area contributed by atoms with Crippen molar-refractivity contribution in [3.8, 4) is 0 Å². The molecule has 2 atom stereocenters. The van der Waals surface area contributed by atoms with Gasteiger partial charge in [-0.25, -0.2) is 0 Å². The van der Waals surface area contributed by atoms with Gasteiger partial charge in [0.1, 0.15) is 0 Å². The van der Waals surface area contributed by atoms with Crippen LogP contribution in [0.3, 0.4) is 0 Å². The van der Waals surface area contributed by atoms with E-state index in [1.165, 1.54) is 0 Å². The number of piperidine rings is 1. The van der Waals surface area contributed by atoms with Gasteiger partial charge < -0.3 is 15.5 Å². The molecule has 2 rings (SSSR count). The van der Waals surface area contributed by atoms with Crippen molar-refractivity contribution in [1.82, 2.24) is 9.80 Å². The fraction of sp³-hybridized carbons (Fsp3) is 0.846. The first-order chi connectivity index (χ1) is 8.67. The predicted octanol–water partition coefficient (Wildman–Crippen LogP) is 0.616. The van der Waals surface area contributed by atoms with Crippen LogP contribution < -0.4 is 5.73 Å². The number of nitrogens with zero attached hydrogens (tertiary/aromatic N) is 2. The number of hydrogen-bond acceptors (Lipinski definition) is 3. The summed E-state index contributed by atoms with van der Waals surface area (Å²) in [7, 11) is 0. The molecule has 0 radical (unpaired) electrons. The SMILES string of the molecule is CCN1CC(C(=O)N2CCCCC2CN)CC1=O.Cl. The lowest BCUT2D eigenvalue weighted by atomic mass is 9.98. The minimum atomic E-state index is -0.149. The molecule has 2 heterocycles. The van der Waals surface area contributed by atoms with Gasteiger partial charge in [0.05, 0.1) is 5.92 Å². The molecule has 2 aliphatic rings. The molecular formula is C13H24ClN3O2. The van der Waals surface area contributed by atoms with Gasteiger partial charge in [-0.15, -0.1) is 12.4 Å². The maximum Gasteiger partial charge on any atom is 0.228 e. The Morgan fingerprint density at radius 2 is 2.16 bits per heavy atom. The highest BCUT2D eigenvalue weighted by atomic mass is 35.5. The van der Waals surface area contributed by atoms with Gasteiger partial charge >= 0.3 is 0 Å². The second-order valence-electron chi connectivity index (χ2n) is 5.25. The van der Waals surface area contributed by atoms with Crippen LogP contribution in [0.2, 0.25) is 0 Å². The van der Waals surface area contributed by atoms with E-state index in [1.54, 1.807) is 4.90 Å². The van der Waals surface area contributed by atoms with E-state index in [0.29, 0.717) is 26.1 Å². The topological polar surface area (TPSA) is 66.6 Å². The lowest BCUT2D eigenvalue weighted by Gasteiger charge is -2.36. The average molecular weight is 290 g/mol. The molecule has 0 spiro atoms. The maximum atomic E-state index is 12.5. The number of carbonyl (C=O) groups excluding carboxylic acids is 2. The zero-order chi connectivity index (χ0) is 13.1. The fourth-order valence-corrected chi connectivity index (χ4v) is 3.01. The Morgan fingerprint density at radius 1 is 1.42 bits per heavy atom. The highest BCUT2D eigenvalue weighted by Gasteiger charge is 2.37. The third-order valence-electron chi connectivity index (χ3n) is 4.13. The quantitative estimate of drug-likeness (QED) is 0.828. The van der Waals surface area contributed by atoms with Crippen LogP contribution in [0.15, 0.2) is 0 Å². The monoisotopic (exact) mass is 289 g/mol. The summed E-state index contributed by atoms with van der Waals surface area (Å²) < 4.78 is 0. The number of likely N-dealkylation sites (tertiary alicyclic amines) is 2. The molecule has 2 fully saturated rings. The van der Waals surface area contributed by atoms with Crippen molar-refractivity contribution in [2.75, 3.05) is 26.2 Å². The molecule has 2 unspecified atom stereocenters. The van der Waals surface area contributed by atoms with Crippen LogP contribution in [0.25, 0.3) is 0 Å². The van der Waals surface area contributed by atoms with Crippen molar-refractivity contribution in [2.24, 2.45) is 11.7 Å². The number of rotatable bonds is 3. The first kappa shape index (κ1) is 16.2. The second kappa shape index (κ2) is 7.10. The zero-order valence-electron chi connectivity index (χ0n) is 11.5. The van der Waals surface area contributed by atoms with Crippen LogP contribution in [0, 0.1) is 5.92 Å². The molecule has 2 aliphatic heterocycles. The van der Waals surface area contributed by atoms with Crippen molar-refractivity contribution < 1.29 is 9.59 Å². The molecule has 6 heteroatoms. The van der Waals surface area contributed by atoms with Gasteiger partial charge in [-0.3, -0.25) is 9.59 Å². The highest BCUT2D eigenvalue weighted by Crippen LogP contribution is 2.24. The summed E-state index contributed by atoms with van der Waals surface area (Å²) >= 11 is 0. The van der Waals surface area contributed by atoms with Crippen molar-refractivity contribution in [2.45, 2.75) is 38.6 Å². The van der Waals surface area contributed by atoms with Gasteiger partial charge in [-0.05, 0) is 26.2 Å². The van der Waals surface area contributed by atoms with Crippen molar-refractivity contribution in [3.63, 3.8) is 0 Å². The predicted molar refractivity (Wildman–Crippen MR) is 76.0 cm³/mol. The largest absolute Gasteiger partial charge is 0.342 e. The third kappa shape index (κ3) is 3.39. The number of halogens is 1. The first-order valence-corrected chi connectivity index (χ1v) is 6.95. The summed E-state index contributed by atoms with van der Waals surface area (Å²) in [6.07, 6.45) is 3.58. The third-order valence-corrected chi connectivity index (χ3v) is 4.13. The van der Waals surface area contributed by atoms with Gasteiger partial charge in [0.25, 0.3) is 0 Å². The van der Waals surface area contributed by atoms with Crippen LogP contribution in [0.4, 0.5) is 0 Å². The van der Waals surface area contributed by atoms with Crippen LogP contribution in [0.5, 0.6) is 0 Å². The van der Waals surface area contributed by atoms with Crippen molar-refractivity contribution >= 4 is 24.2 Å². The summed E-state index contributed by atoms with van der Waals surface area (Å²) in [5.74, 6) is 0.0937. The smallest absolute Gasteiger partial charge is 0.228 e. The average Bonchev–Trinajstić information content (AvgIpc) is 2.79. The Hall–Kier alpha value is -0.810. The maximum absolute atomic E-state index is 12.5. The summed E-state index contributed by atoms with van der Waals surface area (Å²) in [5.41, 5.74) is 5.74. The molecular weight excluding hydrogens is 266 g/mol. The molecule has 0 saturated carbocycles. The van der Waals surface area contributed by atoms with E-state index < -0.39 is 0 Å². The van der Waals surface area contributed by atoms with Gasteiger partial charge in [-0.1, -0.05) is 0 Å². The van der Waals surface area contributed by atoms with E-state index in [-0.39, 0.29) is 36.2 Å². The van der Waals surface area contributed by atoms with E-state index in [1.807, 2.05) is 11.8 Å². The van der Waals surface area contributed by atoms with E-state index in [4.69, 9.17) is 5.73 Å². The van der Waals surface area contributed by atoms with Crippen molar-refractivity contribution in [3.05, 3.63) is 0 Å². The van der Waals surface area contributed by atoms with Crippen LogP contribution in [-0.2, 0) is 9.59 Å². The lowest BCUT2D eigenvalue weighted by Crippen LogP contribution is -2.50. The number of hydrogen-bond donors (Lipinski definition) is 1. The standard InChI is InChI=1S/C13H23N3O2.ClH/c1-2-15-9-10(7-12(15)17)13(18)16-6-4-3-5-11(16)8-14;/h10-11H,2-9,14H2,1H3;1H. The molecule has 2 saturated heterocycles. The Bertz CT molecular complexity index is 338. The summed E-state index contributed by atoms with van der Waals surface area (Å²) in [6, 6.07) is 0.178. The Labute approximate surface area is 120 Å². The summed E-state index contributed by atoms with van der Waals surface area (Å²) in [5, 5.41) is 0. The van der Waals surface area contributed by atoms with E-state index in [0.717, 1.165) is 25.8 Å². The van der Waals surface area contributed by atoms with E-state index >= 15 is 0 Å². The highest BCUT2D eigenvalue weighted by molar-refractivity contribution is 5.89. The molecule has 0 bridgehead atoms.